The van der Waals surface area contributed by atoms with Crippen molar-refractivity contribution in [1.82, 2.24) is 19.7 Å². The standard InChI is InChI=1S/C14H10N4O3/c19-13(20)10-6-7-15-12(8-10)21-14-16-9-18(17-14)11-4-2-1-3-5-11/h1-9H,(H,19,20). The molecule has 3 rings (SSSR count). The van der Waals surface area contributed by atoms with E-state index in [9.17, 15) is 4.79 Å². The fourth-order valence-corrected chi connectivity index (χ4v) is 1.69. The molecule has 0 fully saturated rings. The van der Waals surface area contributed by atoms with Gasteiger partial charge in [-0.1, -0.05) is 18.2 Å². The van der Waals surface area contributed by atoms with Crippen LogP contribution >= 0.6 is 0 Å². The van der Waals surface area contributed by atoms with Crippen molar-refractivity contribution >= 4 is 5.97 Å². The zero-order valence-corrected chi connectivity index (χ0v) is 10.7. The van der Waals surface area contributed by atoms with E-state index in [-0.39, 0.29) is 17.5 Å². The maximum atomic E-state index is 10.9. The van der Waals surface area contributed by atoms with E-state index in [1.807, 2.05) is 30.3 Å². The first kappa shape index (κ1) is 12.8. The van der Waals surface area contributed by atoms with E-state index >= 15 is 0 Å². The largest absolute Gasteiger partial charge is 0.478 e. The van der Waals surface area contributed by atoms with Gasteiger partial charge < -0.3 is 9.84 Å². The maximum Gasteiger partial charge on any atom is 0.342 e. The molecular formula is C14H10N4O3. The van der Waals surface area contributed by atoms with Crippen molar-refractivity contribution in [1.29, 1.82) is 0 Å². The number of aromatic nitrogens is 4. The quantitative estimate of drug-likeness (QED) is 0.788. The van der Waals surface area contributed by atoms with Crippen molar-refractivity contribution in [3.8, 4) is 17.6 Å². The summed E-state index contributed by atoms with van der Waals surface area (Å²) >= 11 is 0. The number of rotatable bonds is 4. The summed E-state index contributed by atoms with van der Waals surface area (Å²) in [7, 11) is 0. The Balaban J connectivity index is 1.82. The van der Waals surface area contributed by atoms with E-state index < -0.39 is 5.97 Å². The average molecular weight is 282 g/mol. The van der Waals surface area contributed by atoms with E-state index in [0.717, 1.165) is 5.69 Å². The number of benzene rings is 1. The summed E-state index contributed by atoms with van der Waals surface area (Å²) in [5, 5.41) is 13.1. The zero-order valence-electron chi connectivity index (χ0n) is 10.7. The number of para-hydroxylation sites is 1. The second-order valence-electron chi connectivity index (χ2n) is 4.10. The van der Waals surface area contributed by atoms with E-state index in [0.29, 0.717) is 0 Å². The van der Waals surface area contributed by atoms with E-state index in [1.54, 1.807) is 4.68 Å². The minimum Gasteiger partial charge on any atom is -0.478 e. The van der Waals surface area contributed by atoms with Gasteiger partial charge in [0.05, 0.1) is 11.3 Å². The maximum absolute atomic E-state index is 10.9. The van der Waals surface area contributed by atoms with Gasteiger partial charge in [0.1, 0.15) is 6.33 Å². The van der Waals surface area contributed by atoms with Crippen LogP contribution < -0.4 is 4.74 Å². The van der Waals surface area contributed by atoms with E-state index in [1.165, 1.54) is 24.7 Å². The van der Waals surface area contributed by atoms with Crippen molar-refractivity contribution < 1.29 is 14.6 Å². The van der Waals surface area contributed by atoms with Gasteiger partial charge in [-0.15, -0.1) is 5.10 Å². The molecule has 7 nitrogen and oxygen atoms in total. The van der Waals surface area contributed by atoms with Gasteiger partial charge in [0.15, 0.2) is 0 Å². The number of hydrogen-bond acceptors (Lipinski definition) is 5. The van der Waals surface area contributed by atoms with Crippen LogP contribution in [0.25, 0.3) is 5.69 Å². The summed E-state index contributed by atoms with van der Waals surface area (Å²) in [6.07, 6.45) is 2.86. The third-order valence-corrected chi connectivity index (χ3v) is 2.67. The highest BCUT2D eigenvalue weighted by Crippen LogP contribution is 2.17. The molecule has 0 bridgehead atoms. The molecule has 0 amide bonds. The highest BCUT2D eigenvalue weighted by molar-refractivity contribution is 5.87. The molecule has 0 radical (unpaired) electrons. The Hall–Kier alpha value is -3.22. The van der Waals surface area contributed by atoms with Gasteiger partial charge in [0.25, 0.3) is 0 Å². The average Bonchev–Trinajstić information content (AvgIpc) is 2.97. The molecule has 0 saturated heterocycles. The van der Waals surface area contributed by atoms with Crippen molar-refractivity contribution in [3.63, 3.8) is 0 Å². The minimum absolute atomic E-state index is 0.0856. The molecule has 7 heteroatoms. The Kier molecular flexibility index (Phi) is 3.30. The molecule has 3 aromatic rings. The highest BCUT2D eigenvalue weighted by Gasteiger charge is 2.09. The predicted molar refractivity (Wildman–Crippen MR) is 72.6 cm³/mol. The summed E-state index contributed by atoms with van der Waals surface area (Å²) in [5.41, 5.74) is 0.926. The van der Waals surface area contributed by atoms with Crippen LogP contribution in [0.15, 0.2) is 55.0 Å². The Labute approximate surface area is 119 Å². The van der Waals surface area contributed by atoms with E-state index in [4.69, 9.17) is 9.84 Å². The smallest absolute Gasteiger partial charge is 0.342 e. The number of ether oxygens (including phenoxy) is 1. The van der Waals surface area contributed by atoms with Gasteiger partial charge >= 0.3 is 12.0 Å². The van der Waals surface area contributed by atoms with Crippen LogP contribution in [0.4, 0.5) is 0 Å². The zero-order chi connectivity index (χ0) is 14.7. The summed E-state index contributed by atoms with van der Waals surface area (Å²) in [4.78, 5) is 18.8. The first-order valence-electron chi connectivity index (χ1n) is 6.07. The molecule has 1 N–H and O–H groups in total. The molecule has 2 heterocycles. The third-order valence-electron chi connectivity index (χ3n) is 2.67. The van der Waals surface area contributed by atoms with E-state index in [2.05, 4.69) is 15.1 Å². The van der Waals surface area contributed by atoms with Gasteiger partial charge in [0, 0.05) is 12.3 Å². The molecule has 104 valence electrons. The number of nitrogens with zero attached hydrogens (tertiary/aromatic N) is 4. The van der Waals surface area contributed by atoms with Crippen molar-refractivity contribution in [2.45, 2.75) is 0 Å². The van der Waals surface area contributed by atoms with Crippen LogP contribution in [0.3, 0.4) is 0 Å². The minimum atomic E-state index is -1.05. The summed E-state index contributed by atoms with van der Waals surface area (Å²) in [6.45, 7) is 0. The number of carboxylic acid groups (broad SMARTS) is 1. The molecule has 0 saturated carbocycles. The number of hydrogen-bond donors (Lipinski definition) is 1. The monoisotopic (exact) mass is 282 g/mol. The van der Waals surface area contributed by atoms with Crippen LogP contribution in [-0.4, -0.2) is 30.8 Å². The van der Waals surface area contributed by atoms with Gasteiger partial charge in [-0.3, -0.25) is 0 Å². The fourth-order valence-electron chi connectivity index (χ4n) is 1.69. The third kappa shape index (κ3) is 2.86. The normalized spacial score (nSPS) is 10.3. The molecule has 0 aliphatic heterocycles. The first-order valence-corrected chi connectivity index (χ1v) is 6.07. The molecule has 0 aliphatic rings. The lowest BCUT2D eigenvalue weighted by atomic mass is 10.3. The number of carbonyl (C=O) groups is 1. The summed E-state index contributed by atoms with van der Waals surface area (Å²) < 4.78 is 6.91. The van der Waals surface area contributed by atoms with Crippen LogP contribution in [0, 0.1) is 0 Å². The fraction of sp³-hybridized carbons (Fsp3) is 0. The van der Waals surface area contributed by atoms with Crippen LogP contribution in [0.5, 0.6) is 11.9 Å². The molecule has 0 aliphatic carbocycles. The molecule has 2 aromatic heterocycles. The van der Waals surface area contributed by atoms with Crippen LogP contribution in [0.2, 0.25) is 0 Å². The van der Waals surface area contributed by atoms with Crippen LogP contribution in [-0.2, 0) is 0 Å². The number of aromatic carboxylic acids is 1. The van der Waals surface area contributed by atoms with Gasteiger partial charge in [-0.2, -0.15) is 4.98 Å². The second-order valence-corrected chi connectivity index (χ2v) is 4.10. The van der Waals surface area contributed by atoms with Crippen LogP contribution in [0.1, 0.15) is 10.4 Å². The number of pyridine rings is 1. The topological polar surface area (TPSA) is 90.1 Å². The SMILES string of the molecule is O=C(O)c1ccnc(Oc2ncn(-c3ccccc3)n2)c1. The highest BCUT2D eigenvalue weighted by atomic mass is 16.5. The van der Waals surface area contributed by atoms with Crippen molar-refractivity contribution in [2.24, 2.45) is 0 Å². The molecule has 0 unspecified atom stereocenters. The Morgan fingerprint density at radius 3 is 2.71 bits per heavy atom. The lowest BCUT2D eigenvalue weighted by Gasteiger charge is -2.01. The predicted octanol–water partition coefficient (Wildman–Crippen LogP) is 2.15. The second kappa shape index (κ2) is 5.41. The lowest BCUT2D eigenvalue weighted by molar-refractivity contribution is 0.0696. The lowest BCUT2D eigenvalue weighted by Crippen LogP contribution is -1.98. The Morgan fingerprint density at radius 2 is 1.95 bits per heavy atom. The molecular weight excluding hydrogens is 272 g/mol. The van der Waals surface area contributed by atoms with Gasteiger partial charge in [0.2, 0.25) is 5.88 Å². The van der Waals surface area contributed by atoms with Crippen molar-refractivity contribution in [3.05, 3.63) is 60.6 Å². The first-order chi connectivity index (χ1) is 10.2. The number of carboxylic acids is 1. The summed E-state index contributed by atoms with van der Waals surface area (Å²) in [5.74, 6) is -0.925. The molecule has 21 heavy (non-hydrogen) atoms. The molecule has 0 spiro atoms. The van der Waals surface area contributed by atoms with Crippen molar-refractivity contribution in [2.75, 3.05) is 0 Å². The molecule has 0 atom stereocenters. The van der Waals surface area contributed by atoms with Gasteiger partial charge in [-0.05, 0) is 18.2 Å². The molecule has 1 aromatic carbocycles. The Bertz CT molecular complexity index is 771. The summed E-state index contributed by atoms with van der Waals surface area (Å²) in [6, 6.07) is 12.2. The Morgan fingerprint density at radius 1 is 1.14 bits per heavy atom. The van der Waals surface area contributed by atoms with Gasteiger partial charge in [-0.25, -0.2) is 14.5 Å².